The van der Waals surface area contributed by atoms with Gasteiger partial charge in [-0.2, -0.15) is 0 Å². The van der Waals surface area contributed by atoms with Crippen molar-refractivity contribution in [2.75, 3.05) is 12.8 Å². The summed E-state index contributed by atoms with van der Waals surface area (Å²) in [5.41, 5.74) is 9.56. The summed E-state index contributed by atoms with van der Waals surface area (Å²) in [5, 5.41) is 0. The number of aryl methyl sites for hydroxylation is 1. The van der Waals surface area contributed by atoms with Gasteiger partial charge in [-0.15, -0.1) is 0 Å². The minimum atomic E-state index is 0.597. The molecule has 16 heavy (non-hydrogen) atoms. The molecule has 0 amide bonds. The van der Waals surface area contributed by atoms with E-state index in [-0.39, 0.29) is 0 Å². The van der Waals surface area contributed by atoms with Crippen LogP contribution in [0.1, 0.15) is 5.56 Å². The number of nitrogens with two attached hydrogens (primary N) is 1. The molecule has 3 nitrogen and oxygen atoms in total. The molecule has 1 aromatic heterocycles. The van der Waals surface area contributed by atoms with Crippen LogP contribution in [-0.4, -0.2) is 12.1 Å². The van der Waals surface area contributed by atoms with E-state index < -0.39 is 0 Å². The third kappa shape index (κ3) is 1.98. The number of pyridine rings is 1. The summed E-state index contributed by atoms with van der Waals surface area (Å²) in [5.74, 6) is 0.597. The van der Waals surface area contributed by atoms with Gasteiger partial charge in [0.05, 0.1) is 19.0 Å². The molecule has 0 saturated heterocycles. The van der Waals surface area contributed by atoms with Crippen LogP contribution < -0.4 is 10.5 Å². The fraction of sp³-hybridized carbons (Fsp3) is 0.154. The molecule has 0 spiro atoms. The summed E-state index contributed by atoms with van der Waals surface area (Å²) in [7, 11) is 1.61. The molecule has 0 fully saturated rings. The highest BCUT2D eigenvalue weighted by Crippen LogP contribution is 2.29. The molecular weight excluding hydrogens is 200 g/mol. The van der Waals surface area contributed by atoms with Gasteiger partial charge < -0.3 is 10.5 Å². The van der Waals surface area contributed by atoms with Crippen molar-refractivity contribution in [2.45, 2.75) is 6.92 Å². The molecule has 2 N–H and O–H groups in total. The molecule has 2 aromatic rings. The maximum absolute atomic E-state index is 5.74. The zero-order valence-electron chi connectivity index (χ0n) is 9.40. The van der Waals surface area contributed by atoms with E-state index in [1.165, 1.54) is 5.56 Å². The van der Waals surface area contributed by atoms with Gasteiger partial charge in [-0.05, 0) is 18.6 Å². The van der Waals surface area contributed by atoms with Crippen molar-refractivity contribution < 1.29 is 4.74 Å². The molecule has 0 atom stereocenters. The van der Waals surface area contributed by atoms with Crippen molar-refractivity contribution in [3.8, 4) is 17.0 Å². The van der Waals surface area contributed by atoms with E-state index in [1.807, 2.05) is 18.2 Å². The van der Waals surface area contributed by atoms with Gasteiger partial charge in [0, 0.05) is 5.56 Å². The summed E-state index contributed by atoms with van der Waals surface area (Å²) < 4.78 is 5.23. The van der Waals surface area contributed by atoms with Crippen molar-refractivity contribution in [1.29, 1.82) is 0 Å². The fourth-order valence-corrected chi connectivity index (χ4v) is 1.65. The summed E-state index contributed by atoms with van der Waals surface area (Å²) in [6, 6.07) is 10.0. The smallest absolute Gasteiger partial charge is 0.221 e. The molecular formula is C13H14N2O. The number of anilines is 1. The van der Waals surface area contributed by atoms with Gasteiger partial charge in [0.2, 0.25) is 5.88 Å². The van der Waals surface area contributed by atoms with Gasteiger partial charge in [0.15, 0.2) is 0 Å². The van der Waals surface area contributed by atoms with Crippen LogP contribution in [0.15, 0.2) is 36.5 Å². The van der Waals surface area contributed by atoms with Gasteiger partial charge in [0.25, 0.3) is 0 Å². The number of nitrogens with zero attached hydrogens (tertiary/aromatic N) is 1. The normalized spacial score (nSPS) is 10.1. The SMILES string of the molecule is COc1ncc(N)cc1-c1cccc(C)c1. The number of rotatable bonds is 2. The Morgan fingerprint density at radius 1 is 1.25 bits per heavy atom. The van der Waals surface area contributed by atoms with Crippen molar-refractivity contribution in [3.05, 3.63) is 42.1 Å². The molecule has 0 aliphatic heterocycles. The lowest BCUT2D eigenvalue weighted by Gasteiger charge is -2.08. The third-order valence-electron chi connectivity index (χ3n) is 2.39. The molecule has 0 radical (unpaired) electrons. The quantitative estimate of drug-likeness (QED) is 0.836. The van der Waals surface area contributed by atoms with Crippen molar-refractivity contribution in [3.63, 3.8) is 0 Å². The second-order valence-electron chi connectivity index (χ2n) is 3.69. The largest absolute Gasteiger partial charge is 0.481 e. The van der Waals surface area contributed by atoms with E-state index in [4.69, 9.17) is 10.5 Å². The fourth-order valence-electron chi connectivity index (χ4n) is 1.65. The summed E-state index contributed by atoms with van der Waals surface area (Å²) >= 11 is 0. The Kier molecular flexibility index (Phi) is 2.77. The lowest BCUT2D eigenvalue weighted by atomic mass is 10.0. The first-order valence-corrected chi connectivity index (χ1v) is 5.07. The van der Waals surface area contributed by atoms with E-state index in [0.717, 1.165) is 11.1 Å². The Labute approximate surface area is 94.9 Å². The first kappa shape index (κ1) is 10.5. The first-order chi connectivity index (χ1) is 7.70. The Bertz CT molecular complexity index is 509. The number of aromatic nitrogens is 1. The highest BCUT2D eigenvalue weighted by atomic mass is 16.5. The Morgan fingerprint density at radius 3 is 2.75 bits per heavy atom. The number of methoxy groups -OCH3 is 1. The summed E-state index contributed by atoms with van der Waals surface area (Å²) in [6.07, 6.45) is 1.60. The minimum Gasteiger partial charge on any atom is -0.481 e. The lowest BCUT2D eigenvalue weighted by molar-refractivity contribution is 0.400. The predicted octanol–water partition coefficient (Wildman–Crippen LogP) is 2.65. The van der Waals surface area contributed by atoms with Crippen LogP contribution in [0.2, 0.25) is 0 Å². The zero-order chi connectivity index (χ0) is 11.5. The predicted molar refractivity (Wildman–Crippen MR) is 65.4 cm³/mol. The second kappa shape index (κ2) is 4.23. The molecule has 3 heteroatoms. The van der Waals surface area contributed by atoms with E-state index in [2.05, 4.69) is 24.0 Å². The van der Waals surface area contributed by atoms with Crippen molar-refractivity contribution >= 4 is 5.69 Å². The van der Waals surface area contributed by atoms with E-state index in [1.54, 1.807) is 13.3 Å². The molecule has 0 aliphatic rings. The van der Waals surface area contributed by atoms with Gasteiger partial charge >= 0.3 is 0 Å². The van der Waals surface area contributed by atoms with Crippen molar-refractivity contribution in [1.82, 2.24) is 4.98 Å². The molecule has 2 rings (SSSR count). The number of nitrogen functional groups attached to an aromatic ring is 1. The van der Waals surface area contributed by atoms with Gasteiger partial charge in [-0.3, -0.25) is 0 Å². The van der Waals surface area contributed by atoms with Gasteiger partial charge in [0.1, 0.15) is 0 Å². The molecule has 0 aliphatic carbocycles. The zero-order valence-corrected chi connectivity index (χ0v) is 9.40. The summed E-state index contributed by atoms with van der Waals surface area (Å²) in [6.45, 7) is 2.05. The van der Waals surface area contributed by atoms with Crippen LogP contribution in [0.3, 0.4) is 0 Å². The molecule has 0 bridgehead atoms. The van der Waals surface area contributed by atoms with Crippen LogP contribution in [0.4, 0.5) is 5.69 Å². The molecule has 0 unspecified atom stereocenters. The van der Waals surface area contributed by atoms with Crippen molar-refractivity contribution in [2.24, 2.45) is 0 Å². The Balaban J connectivity index is 2.58. The van der Waals surface area contributed by atoms with Crippen LogP contribution >= 0.6 is 0 Å². The Morgan fingerprint density at radius 2 is 2.06 bits per heavy atom. The third-order valence-corrected chi connectivity index (χ3v) is 2.39. The maximum atomic E-state index is 5.74. The van der Waals surface area contributed by atoms with Crippen LogP contribution in [0.5, 0.6) is 5.88 Å². The highest BCUT2D eigenvalue weighted by molar-refractivity contribution is 5.72. The van der Waals surface area contributed by atoms with Crippen LogP contribution in [0, 0.1) is 6.92 Å². The van der Waals surface area contributed by atoms with Crippen LogP contribution in [-0.2, 0) is 0 Å². The molecule has 1 heterocycles. The van der Waals surface area contributed by atoms with Crippen LogP contribution in [0.25, 0.3) is 11.1 Å². The molecule has 0 saturated carbocycles. The summed E-state index contributed by atoms with van der Waals surface area (Å²) in [4.78, 5) is 4.16. The van der Waals surface area contributed by atoms with E-state index >= 15 is 0 Å². The number of hydrogen-bond donors (Lipinski definition) is 1. The van der Waals surface area contributed by atoms with E-state index in [0.29, 0.717) is 11.6 Å². The second-order valence-corrected chi connectivity index (χ2v) is 3.69. The standard InChI is InChI=1S/C13H14N2O/c1-9-4-3-5-10(6-9)12-7-11(14)8-15-13(12)16-2/h3-8H,14H2,1-2H3. The molecule has 82 valence electrons. The number of ether oxygens (including phenoxy) is 1. The minimum absolute atomic E-state index is 0.597. The monoisotopic (exact) mass is 214 g/mol. The maximum Gasteiger partial charge on any atom is 0.221 e. The number of hydrogen-bond acceptors (Lipinski definition) is 3. The topological polar surface area (TPSA) is 48.1 Å². The first-order valence-electron chi connectivity index (χ1n) is 5.07. The highest BCUT2D eigenvalue weighted by Gasteiger charge is 2.07. The average Bonchev–Trinajstić information content (AvgIpc) is 2.29. The van der Waals surface area contributed by atoms with Gasteiger partial charge in [-0.1, -0.05) is 29.8 Å². The van der Waals surface area contributed by atoms with E-state index in [9.17, 15) is 0 Å². The number of benzene rings is 1. The lowest BCUT2D eigenvalue weighted by Crippen LogP contribution is -1.94. The molecule has 1 aromatic carbocycles. The van der Waals surface area contributed by atoms with Gasteiger partial charge in [-0.25, -0.2) is 4.98 Å². The average molecular weight is 214 g/mol. The Hall–Kier alpha value is -2.03.